The third-order valence-corrected chi connectivity index (χ3v) is 7.36. The summed E-state index contributed by atoms with van der Waals surface area (Å²) in [4.78, 5) is 51.4. The summed E-state index contributed by atoms with van der Waals surface area (Å²) in [6.45, 7) is 1.61. The molecule has 1 aliphatic heterocycles. The molecule has 0 radical (unpaired) electrons. The number of carbonyl (C=O) groups excluding carboxylic acids is 4. The van der Waals surface area contributed by atoms with E-state index in [2.05, 4.69) is 10.6 Å². The van der Waals surface area contributed by atoms with E-state index in [0.717, 1.165) is 16.7 Å². The van der Waals surface area contributed by atoms with Crippen LogP contribution in [-0.2, 0) is 14.4 Å². The fourth-order valence-electron chi connectivity index (χ4n) is 3.76. The second kappa shape index (κ2) is 14.2. The number of methoxy groups -OCH3 is 1. The van der Waals surface area contributed by atoms with E-state index in [1.165, 1.54) is 37.5 Å². The topological polar surface area (TPSA) is 123 Å². The molecule has 10 nitrogen and oxygen atoms in total. The van der Waals surface area contributed by atoms with Crippen LogP contribution in [0.25, 0.3) is 6.08 Å². The van der Waals surface area contributed by atoms with E-state index in [1.807, 2.05) is 29.5 Å². The fraction of sp³-hybridized carbons (Fsp3) is 0.172. The van der Waals surface area contributed by atoms with Gasteiger partial charge in [-0.3, -0.25) is 24.1 Å². The molecule has 4 rings (SSSR count). The minimum absolute atomic E-state index is 0.138. The first-order chi connectivity index (χ1) is 20.2. The van der Waals surface area contributed by atoms with Crippen LogP contribution in [-0.4, -0.2) is 54.7 Å². The van der Waals surface area contributed by atoms with Crippen molar-refractivity contribution >= 4 is 74.8 Å². The average Bonchev–Trinajstić information content (AvgIpc) is 3.21. The molecule has 1 saturated heterocycles. The standard InChI is InChI=1S/C29H25FIN3O7S/c1-3-40-21-10-8-20(9-11-21)32-25(35)15-34-28(37)24(42-29(34)38)14-17-12-22(31)27(23(13-17)39-2)41-16-26(36)33-19-6-4-18(30)5-7-19/h4-14H,3,15-16H2,1-2H3,(H,32,35)(H,33,36)/b24-14+. The van der Waals surface area contributed by atoms with E-state index >= 15 is 0 Å². The SMILES string of the molecule is CCOc1ccc(NC(=O)CN2C(=O)S/C(=C/c3cc(I)c(OCC(=O)Nc4ccc(F)cc4)c(OC)c3)C2=O)cc1. The predicted octanol–water partition coefficient (Wildman–Crippen LogP) is 5.53. The molecule has 3 aromatic carbocycles. The van der Waals surface area contributed by atoms with Gasteiger partial charge in [-0.05, 0) is 114 Å². The third-order valence-electron chi connectivity index (χ3n) is 5.65. The van der Waals surface area contributed by atoms with Crippen molar-refractivity contribution in [3.05, 3.63) is 80.5 Å². The molecule has 4 amide bonds. The summed E-state index contributed by atoms with van der Waals surface area (Å²) < 4.78 is 30.2. The molecule has 0 saturated carbocycles. The van der Waals surface area contributed by atoms with E-state index in [4.69, 9.17) is 14.2 Å². The second-order valence-corrected chi connectivity index (χ2v) is 10.8. The van der Waals surface area contributed by atoms with Gasteiger partial charge in [0, 0.05) is 11.4 Å². The van der Waals surface area contributed by atoms with E-state index in [0.29, 0.717) is 44.4 Å². The van der Waals surface area contributed by atoms with Crippen LogP contribution in [0.5, 0.6) is 17.2 Å². The van der Waals surface area contributed by atoms with Gasteiger partial charge >= 0.3 is 0 Å². The normalized spacial score (nSPS) is 13.7. The van der Waals surface area contributed by atoms with E-state index in [1.54, 1.807) is 36.4 Å². The highest BCUT2D eigenvalue weighted by molar-refractivity contribution is 14.1. The maximum absolute atomic E-state index is 13.1. The highest BCUT2D eigenvalue weighted by Gasteiger charge is 2.36. The van der Waals surface area contributed by atoms with Gasteiger partial charge in [0.15, 0.2) is 18.1 Å². The molecule has 1 fully saturated rings. The van der Waals surface area contributed by atoms with E-state index in [-0.39, 0.29) is 11.5 Å². The van der Waals surface area contributed by atoms with E-state index in [9.17, 15) is 23.6 Å². The fourth-order valence-corrected chi connectivity index (χ4v) is 5.38. The van der Waals surface area contributed by atoms with Gasteiger partial charge in [-0.2, -0.15) is 0 Å². The number of nitrogens with zero attached hydrogens (tertiary/aromatic N) is 1. The smallest absolute Gasteiger partial charge is 0.294 e. The highest BCUT2D eigenvalue weighted by Crippen LogP contribution is 2.37. The molecule has 218 valence electrons. The molecule has 1 heterocycles. The summed E-state index contributed by atoms with van der Waals surface area (Å²) in [6, 6.07) is 15.4. The maximum Gasteiger partial charge on any atom is 0.294 e. The van der Waals surface area contributed by atoms with E-state index < -0.39 is 35.3 Å². The Balaban J connectivity index is 1.39. The summed E-state index contributed by atoms with van der Waals surface area (Å²) in [5.41, 5.74) is 1.47. The lowest BCUT2D eigenvalue weighted by atomic mass is 10.2. The molecule has 0 aliphatic carbocycles. The van der Waals surface area contributed by atoms with Crippen LogP contribution in [0, 0.1) is 9.39 Å². The summed E-state index contributed by atoms with van der Waals surface area (Å²) in [5, 5.41) is 4.71. The molecule has 13 heteroatoms. The predicted molar refractivity (Wildman–Crippen MR) is 165 cm³/mol. The lowest BCUT2D eigenvalue weighted by Crippen LogP contribution is -2.36. The van der Waals surface area contributed by atoms with Crippen molar-refractivity contribution in [3.63, 3.8) is 0 Å². The Hall–Kier alpha value is -4.11. The number of rotatable bonds is 11. The molecule has 0 atom stereocenters. The van der Waals surface area contributed by atoms with Crippen molar-refractivity contribution in [2.45, 2.75) is 6.92 Å². The van der Waals surface area contributed by atoms with Crippen molar-refractivity contribution in [1.29, 1.82) is 0 Å². The number of halogens is 2. The summed E-state index contributed by atoms with van der Waals surface area (Å²) in [7, 11) is 1.43. The third kappa shape index (κ3) is 8.00. The lowest BCUT2D eigenvalue weighted by molar-refractivity contribution is -0.127. The minimum Gasteiger partial charge on any atom is -0.494 e. The van der Waals surface area contributed by atoms with Gasteiger partial charge in [-0.15, -0.1) is 0 Å². The zero-order valence-corrected chi connectivity index (χ0v) is 25.4. The monoisotopic (exact) mass is 705 g/mol. The van der Waals surface area contributed by atoms with Gasteiger partial charge in [0.1, 0.15) is 18.1 Å². The minimum atomic E-state index is -0.599. The van der Waals surface area contributed by atoms with Crippen molar-refractivity contribution in [1.82, 2.24) is 4.90 Å². The Morgan fingerprint density at radius 1 is 0.976 bits per heavy atom. The first-order valence-corrected chi connectivity index (χ1v) is 14.4. The molecule has 1 aliphatic rings. The maximum atomic E-state index is 13.1. The zero-order valence-electron chi connectivity index (χ0n) is 22.4. The second-order valence-electron chi connectivity index (χ2n) is 8.65. The Morgan fingerprint density at radius 3 is 2.26 bits per heavy atom. The molecule has 2 N–H and O–H groups in total. The van der Waals surface area contributed by atoms with Crippen LogP contribution < -0.4 is 24.8 Å². The number of anilines is 2. The summed E-state index contributed by atoms with van der Waals surface area (Å²) >= 11 is 2.73. The molecule has 0 unspecified atom stereocenters. The lowest BCUT2D eigenvalue weighted by Gasteiger charge is -2.14. The van der Waals surface area contributed by atoms with Crippen molar-refractivity contribution in [2.24, 2.45) is 0 Å². The van der Waals surface area contributed by atoms with Gasteiger partial charge in [-0.1, -0.05) is 0 Å². The molecular formula is C29H25FIN3O7S. The first-order valence-electron chi connectivity index (χ1n) is 12.5. The quantitative estimate of drug-likeness (QED) is 0.197. The van der Waals surface area contributed by atoms with Gasteiger partial charge in [0.2, 0.25) is 5.91 Å². The number of hydrogen-bond donors (Lipinski definition) is 2. The number of carbonyl (C=O) groups is 4. The van der Waals surface area contributed by atoms with Crippen LogP contribution in [0.4, 0.5) is 20.6 Å². The summed E-state index contributed by atoms with van der Waals surface area (Å²) in [6.07, 6.45) is 1.52. The van der Waals surface area contributed by atoms with Crippen molar-refractivity contribution in [3.8, 4) is 17.2 Å². The van der Waals surface area contributed by atoms with Crippen LogP contribution in [0.3, 0.4) is 0 Å². The van der Waals surface area contributed by atoms with Crippen molar-refractivity contribution in [2.75, 3.05) is 37.5 Å². The molecular weight excluding hydrogens is 680 g/mol. The Kier molecular flexibility index (Phi) is 10.4. The van der Waals surface area contributed by atoms with Gasteiger partial charge < -0.3 is 24.8 Å². The number of amides is 4. The number of ether oxygens (including phenoxy) is 3. The summed E-state index contributed by atoms with van der Waals surface area (Å²) in [5.74, 6) is -0.727. The highest BCUT2D eigenvalue weighted by atomic mass is 127. The number of hydrogen-bond acceptors (Lipinski definition) is 8. The molecule has 0 aromatic heterocycles. The zero-order chi connectivity index (χ0) is 30.2. The van der Waals surface area contributed by atoms with Crippen LogP contribution in [0.15, 0.2) is 65.6 Å². The first kappa shape index (κ1) is 30.8. The van der Waals surface area contributed by atoms with Gasteiger partial charge in [0.05, 0.1) is 22.2 Å². The van der Waals surface area contributed by atoms with Crippen LogP contribution in [0.2, 0.25) is 0 Å². The Morgan fingerprint density at radius 2 is 1.62 bits per heavy atom. The Labute approximate surface area is 258 Å². The van der Waals surface area contributed by atoms with Crippen LogP contribution in [0.1, 0.15) is 12.5 Å². The van der Waals surface area contributed by atoms with Gasteiger partial charge in [-0.25, -0.2) is 4.39 Å². The average molecular weight is 706 g/mol. The van der Waals surface area contributed by atoms with Crippen LogP contribution >= 0.6 is 34.4 Å². The number of nitrogens with one attached hydrogen (secondary N) is 2. The molecule has 42 heavy (non-hydrogen) atoms. The molecule has 0 bridgehead atoms. The molecule has 3 aromatic rings. The Bertz CT molecular complexity index is 1530. The van der Waals surface area contributed by atoms with Crippen molar-refractivity contribution < 1.29 is 37.8 Å². The number of benzene rings is 3. The number of imide groups is 1. The largest absolute Gasteiger partial charge is 0.494 e. The molecule has 0 spiro atoms. The number of thioether (sulfide) groups is 1. The van der Waals surface area contributed by atoms with Gasteiger partial charge in [0.25, 0.3) is 17.1 Å².